The number of oxazole rings is 1. The molecule has 1 aromatic rings. The molecule has 0 unspecified atom stereocenters. The van der Waals surface area contributed by atoms with Crippen LogP contribution in [0.15, 0.2) is 10.7 Å². The van der Waals surface area contributed by atoms with Crippen molar-refractivity contribution >= 4 is 5.91 Å². The third-order valence-electron chi connectivity index (χ3n) is 3.29. The monoisotopic (exact) mass is 236 g/mol. The zero-order valence-corrected chi connectivity index (χ0v) is 10.4. The number of carbonyl (C=O) groups is 1. The molecule has 2 rings (SSSR count). The predicted octanol–water partition coefficient (Wildman–Crippen LogP) is 2.83. The summed E-state index contributed by atoms with van der Waals surface area (Å²) in [5.41, 5.74) is 0.393. The molecule has 4 heteroatoms. The van der Waals surface area contributed by atoms with Crippen molar-refractivity contribution in [3.05, 3.63) is 17.8 Å². The first kappa shape index (κ1) is 12.1. The van der Waals surface area contributed by atoms with Crippen molar-refractivity contribution in [1.82, 2.24) is 10.3 Å². The summed E-state index contributed by atoms with van der Waals surface area (Å²) in [6, 6.07) is 0.305. The van der Waals surface area contributed by atoms with Crippen molar-refractivity contribution in [2.24, 2.45) is 0 Å². The summed E-state index contributed by atoms with van der Waals surface area (Å²) in [5.74, 6) is 0.431. The number of nitrogens with one attached hydrogen (secondary N) is 1. The number of aromatic nitrogens is 1. The Morgan fingerprint density at radius 1 is 1.29 bits per heavy atom. The summed E-state index contributed by atoms with van der Waals surface area (Å²) in [4.78, 5) is 15.9. The van der Waals surface area contributed by atoms with Crippen LogP contribution >= 0.6 is 0 Å². The molecule has 1 fully saturated rings. The molecule has 0 bridgehead atoms. The molecule has 0 radical (unpaired) electrons. The fourth-order valence-corrected chi connectivity index (χ4v) is 2.33. The van der Waals surface area contributed by atoms with Gasteiger partial charge < -0.3 is 9.73 Å². The summed E-state index contributed by atoms with van der Waals surface area (Å²) >= 11 is 0. The molecule has 0 saturated heterocycles. The van der Waals surface area contributed by atoms with Crippen LogP contribution in [-0.4, -0.2) is 16.9 Å². The number of carbonyl (C=O) groups excluding carboxylic acids is 1. The van der Waals surface area contributed by atoms with Crippen LogP contribution in [0, 0.1) is 6.92 Å². The number of hydrogen-bond donors (Lipinski definition) is 1. The molecule has 1 amide bonds. The van der Waals surface area contributed by atoms with E-state index in [4.69, 9.17) is 4.42 Å². The standard InChI is InChI=1S/C13H20N2O2/c1-10-14-12(9-17-10)13(16)15-11-7-5-3-2-4-6-8-11/h9,11H,2-8H2,1H3,(H,15,16). The summed E-state index contributed by atoms with van der Waals surface area (Å²) in [5, 5.41) is 3.05. The Morgan fingerprint density at radius 3 is 2.53 bits per heavy atom. The second-order valence-electron chi connectivity index (χ2n) is 4.77. The van der Waals surface area contributed by atoms with Crippen molar-refractivity contribution in [2.45, 2.75) is 57.9 Å². The fraction of sp³-hybridized carbons (Fsp3) is 0.692. The van der Waals surface area contributed by atoms with E-state index in [0.29, 0.717) is 17.6 Å². The van der Waals surface area contributed by atoms with Gasteiger partial charge in [0.1, 0.15) is 6.26 Å². The first-order valence-electron chi connectivity index (χ1n) is 6.49. The van der Waals surface area contributed by atoms with Crippen molar-refractivity contribution in [3.63, 3.8) is 0 Å². The van der Waals surface area contributed by atoms with Crippen LogP contribution in [0.5, 0.6) is 0 Å². The van der Waals surface area contributed by atoms with Gasteiger partial charge in [-0.25, -0.2) is 4.98 Å². The highest BCUT2D eigenvalue weighted by Gasteiger charge is 2.17. The van der Waals surface area contributed by atoms with Gasteiger partial charge in [-0.1, -0.05) is 32.1 Å². The summed E-state index contributed by atoms with van der Waals surface area (Å²) < 4.78 is 5.05. The van der Waals surface area contributed by atoms with Gasteiger partial charge in [0.25, 0.3) is 5.91 Å². The Labute approximate surface area is 102 Å². The molecule has 1 aromatic heterocycles. The second-order valence-corrected chi connectivity index (χ2v) is 4.77. The lowest BCUT2D eigenvalue weighted by atomic mass is 9.97. The SMILES string of the molecule is Cc1nc(C(=O)NC2CCCCCCC2)co1. The molecule has 0 atom stereocenters. The quantitative estimate of drug-likeness (QED) is 0.859. The number of nitrogens with zero attached hydrogens (tertiary/aromatic N) is 1. The Morgan fingerprint density at radius 2 is 1.94 bits per heavy atom. The summed E-state index contributed by atoms with van der Waals surface area (Å²) in [7, 11) is 0. The van der Waals surface area contributed by atoms with Gasteiger partial charge in [0, 0.05) is 13.0 Å². The van der Waals surface area contributed by atoms with E-state index in [0.717, 1.165) is 12.8 Å². The second kappa shape index (κ2) is 5.84. The van der Waals surface area contributed by atoms with E-state index >= 15 is 0 Å². The van der Waals surface area contributed by atoms with E-state index in [1.54, 1.807) is 6.92 Å². The molecular weight excluding hydrogens is 216 g/mol. The Bertz CT molecular complexity index is 365. The van der Waals surface area contributed by atoms with Gasteiger partial charge in [-0.3, -0.25) is 4.79 Å². The van der Waals surface area contributed by atoms with Gasteiger partial charge in [-0.15, -0.1) is 0 Å². The molecule has 0 aromatic carbocycles. The lowest BCUT2D eigenvalue weighted by Gasteiger charge is -2.20. The van der Waals surface area contributed by atoms with E-state index in [2.05, 4.69) is 10.3 Å². The molecule has 0 aliphatic heterocycles. The van der Waals surface area contributed by atoms with E-state index in [1.165, 1.54) is 38.4 Å². The minimum Gasteiger partial charge on any atom is -0.448 e. The van der Waals surface area contributed by atoms with Crippen LogP contribution in [0.3, 0.4) is 0 Å². The number of amides is 1. The molecule has 4 nitrogen and oxygen atoms in total. The summed E-state index contributed by atoms with van der Waals surface area (Å²) in [6.45, 7) is 1.74. The molecule has 1 heterocycles. The first-order valence-corrected chi connectivity index (χ1v) is 6.49. The van der Waals surface area contributed by atoms with Crippen molar-refractivity contribution in [1.29, 1.82) is 0 Å². The van der Waals surface area contributed by atoms with Crippen molar-refractivity contribution in [3.8, 4) is 0 Å². The van der Waals surface area contributed by atoms with Crippen molar-refractivity contribution in [2.75, 3.05) is 0 Å². The normalized spacial score (nSPS) is 18.4. The number of rotatable bonds is 2. The zero-order chi connectivity index (χ0) is 12.1. The molecule has 1 aliphatic carbocycles. The van der Waals surface area contributed by atoms with Gasteiger partial charge in [-0.05, 0) is 12.8 Å². The molecule has 0 spiro atoms. The van der Waals surface area contributed by atoms with E-state index in [1.807, 2.05) is 0 Å². The molecule has 17 heavy (non-hydrogen) atoms. The smallest absolute Gasteiger partial charge is 0.273 e. The zero-order valence-electron chi connectivity index (χ0n) is 10.4. The average Bonchev–Trinajstić information content (AvgIpc) is 2.68. The maximum absolute atomic E-state index is 11.9. The summed E-state index contributed by atoms with van der Waals surface area (Å²) in [6.07, 6.45) is 9.93. The molecule has 1 aliphatic rings. The Balaban J connectivity index is 1.88. The minimum atomic E-state index is -0.104. The minimum absolute atomic E-state index is 0.104. The van der Waals surface area contributed by atoms with Gasteiger partial charge in [0.05, 0.1) is 0 Å². The van der Waals surface area contributed by atoms with Crippen LogP contribution in [0.1, 0.15) is 61.3 Å². The van der Waals surface area contributed by atoms with Crippen LogP contribution in [-0.2, 0) is 0 Å². The van der Waals surface area contributed by atoms with Crippen LogP contribution in [0.4, 0.5) is 0 Å². The van der Waals surface area contributed by atoms with E-state index < -0.39 is 0 Å². The third-order valence-corrected chi connectivity index (χ3v) is 3.29. The largest absolute Gasteiger partial charge is 0.448 e. The highest BCUT2D eigenvalue weighted by atomic mass is 16.3. The highest BCUT2D eigenvalue weighted by Crippen LogP contribution is 2.17. The number of hydrogen-bond acceptors (Lipinski definition) is 3. The van der Waals surface area contributed by atoms with Gasteiger partial charge in [0.15, 0.2) is 11.6 Å². The fourth-order valence-electron chi connectivity index (χ4n) is 2.33. The predicted molar refractivity (Wildman–Crippen MR) is 64.8 cm³/mol. The maximum atomic E-state index is 11.9. The molecule has 1 saturated carbocycles. The number of aryl methyl sites for hydroxylation is 1. The maximum Gasteiger partial charge on any atom is 0.273 e. The topological polar surface area (TPSA) is 55.1 Å². The van der Waals surface area contributed by atoms with Crippen molar-refractivity contribution < 1.29 is 9.21 Å². The van der Waals surface area contributed by atoms with Crippen LogP contribution < -0.4 is 5.32 Å². The van der Waals surface area contributed by atoms with Gasteiger partial charge in [0.2, 0.25) is 0 Å². The molecular formula is C13H20N2O2. The lowest BCUT2D eigenvalue weighted by molar-refractivity contribution is 0.0925. The lowest BCUT2D eigenvalue weighted by Crippen LogP contribution is -2.35. The first-order chi connectivity index (χ1) is 8.25. The van der Waals surface area contributed by atoms with Gasteiger partial charge in [-0.2, -0.15) is 0 Å². The third kappa shape index (κ3) is 3.58. The van der Waals surface area contributed by atoms with Gasteiger partial charge >= 0.3 is 0 Å². The Hall–Kier alpha value is -1.32. The Kier molecular flexibility index (Phi) is 4.18. The van der Waals surface area contributed by atoms with Crippen LogP contribution in [0.25, 0.3) is 0 Å². The van der Waals surface area contributed by atoms with E-state index in [-0.39, 0.29) is 5.91 Å². The molecule has 94 valence electrons. The van der Waals surface area contributed by atoms with E-state index in [9.17, 15) is 4.79 Å². The molecule has 1 N–H and O–H groups in total. The van der Waals surface area contributed by atoms with Crippen LogP contribution in [0.2, 0.25) is 0 Å². The average molecular weight is 236 g/mol. The highest BCUT2D eigenvalue weighted by molar-refractivity contribution is 5.92.